The molecule has 0 radical (unpaired) electrons. The van der Waals surface area contributed by atoms with Crippen LogP contribution in [0.5, 0.6) is 11.5 Å². The number of pyridine rings is 1. The Morgan fingerprint density at radius 2 is 1.40 bits per heavy atom. The monoisotopic (exact) mass is 621 g/mol. The van der Waals surface area contributed by atoms with E-state index in [1.807, 2.05) is 54.6 Å². The predicted molar refractivity (Wildman–Crippen MR) is 184 cm³/mol. The van der Waals surface area contributed by atoms with Crippen molar-refractivity contribution in [1.82, 2.24) is 15.6 Å². The Hall–Kier alpha value is -5.95. The number of carbonyl (C=O) groups is 2. The van der Waals surface area contributed by atoms with Gasteiger partial charge in [0.25, 0.3) is 5.91 Å². The van der Waals surface area contributed by atoms with Crippen LogP contribution >= 0.6 is 0 Å². The summed E-state index contributed by atoms with van der Waals surface area (Å²) in [7, 11) is 0. The summed E-state index contributed by atoms with van der Waals surface area (Å²) in [5, 5.41) is 27.1. The van der Waals surface area contributed by atoms with Crippen molar-refractivity contribution < 1.29 is 19.8 Å². The summed E-state index contributed by atoms with van der Waals surface area (Å²) in [5.74, 6) is -0.423. The van der Waals surface area contributed by atoms with Gasteiger partial charge in [0.2, 0.25) is 5.91 Å². The third-order valence-electron chi connectivity index (χ3n) is 8.28. The summed E-state index contributed by atoms with van der Waals surface area (Å²) in [6, 6.07) is 40.5. The molecule has 0 saturated carbocycles. The zero-order valence-corrected chi connectivity index (χ0v) is 25.7. The molecule has 5 aromatic carbocycles. The van der Waals surface area contributed by atoms with Crippen molar-refractivity contribution in [3.8, 4) is 22.6 Å². The maximum atomic E-state index is 13.7. The Balaban J connectivity index is 1.20. The van der Waals surface area contributed by atoms with E-state index >= 15 is 0 Å². The van der Waals surface area contributed by atoms with Gasteiger partial charge in [-0.3, -0.25) is 14.6 Å². The molecule has 234 valence electrons. The van der Waals surface area contributed by atoms with E-state index in [0.29, 0.717) is 24.0 Å². The van der Waals surface area contributed by atoms with Gasteiger partial charge < -0.3 is 20.8 Å². The summed E-state index contributed by atoms with van der Waals surface area (Å²) in [6.45, 7) is 0.408. The molecule has 0 spiro atoms. The Kier molecular flexibility index (Phi) is 9.53. The standard InChI is InChI=1S/C40H35N3O4/c44-34-18-16-27(17-19-34)23-36(40(47)42-22-20-35(28-9-3-1-4-10-28)29-11-5-2-6-12-29)43-39(46)32-14-7-13-30(24-32)33-25-31-15-8-21-41-38(31)37(45)26-33/h1-19,21,24-26,35-36,44-45H,20,22-23H2,(H,42,47)(H,43,46). The third kappa shape index (κ3) is 7.65. The molecule has 7 nitrogen and oxygen atoms in total. The van der Waals surface area contributed by atoms with E-state index in [1.165, 1.54) is 0 Å². The van der Waals surface area contributed by atoms with Crippen LogP contribution in [0.1, 0.15) is 39.4 Å². The van der Waals surface area contributed by atoms with Crippen molar-refractivity contribution in [2.24, 2.45) is 0 Å². The van der Waals surface area contributed by atoms with Crippen molar-refractivity contribution in [3.05, 3.63) is 162 Å². The molecule has 1 atom stereocenters. The number of rotatable bonds is 11. The molecule has 7 heteroatoms. The highest BCUT2D eigenvalue weighted by Crippen LogP contribution is 2.31. The molecule has 0 aliphatic heterocycles. The largest absolute Gasteiger partial charge is 0.508 e. The van der Waals surface area contributed by atoms with E-state index in [2.05, 4.69) is 39.9 Å². The normalized spacial score (nSPS) is 11.7. The van der Waals surface area contributed by atoms with Crippen molar-refractivity contribution in [3.63, 3.8) is 0 Å². The lowest BCUT2D eigenvalue weighted by Gasteiger charge is -2.21. The number of hydrogen-bond acceptors (Lipinski definition) is 5. The highest BCUT2D eigenvalue weighted by atomic mass is 16.3. The smallest absolute Gasteiger partial charge is 0.251 e. The van der Waals surface area contributed by atoms with Crippen LogP contribution in [-0.2, 0) is 11.2 Å². The van der Waals surface area contributed by atoms with Gasteiger partial charge in [-0.25, -0.2) is 0 Å². The van der Waals surface area contributed by atoms with Crippen molar-refractivity contribution >= 4 is 22.7 Å². The minimum atomic E-state index is -0.863. The number of aromatic hydroxyl groups is 2. The summed E-state index contributed by atoms with van der Waals surface area (Å²) in [4.78, 5) is 31.6. The van der Waals surface area contributed by atoms with Crippen LogP contribution in [0, 0.1) is 0 Å². The highest BCUT2D eigenvalue weighted by Gasteiger charge is 2.23. The molecule has 6 rings (SSSR count). The SMILES string of the molecule is O=C(NC(Cc1ccc(O)cc1)C(=O)NCCC(c1ccccc1)c1ccccc1)c1cccc(-c2cc(O)c3ncccc3c2)c1. The van der Waals surface area contributed by atoms with E-state index in [1.54, 1.807) is 60.8 Å². The first-order valence-corrected chi connectivity index (χ1v) is 15.6. The molecule has 1 heterocycles. The lowest BCUT2D eigenvalue weighted by atomic mass is 9.88. The molecule has 0 bridgehead atoms. The topological polar surface area (TPSA) is 112 Å². The number of phenolic OH excluding ortho intramolecular Hbond substituents is 2. The Bertz CT molecular complexity index is 1940. The van der Waals surface area contributed by atoms with Gasteiger partial charge in [-0.2, -0.15) is 0 Å². The minimum absolute atomic E-state index is 0.0559. The fourth-order valence-corrected chi connectivity index (χ4v) is 5.86. The molecule has 1 unspecified atom stereocenters. The second kappa shape index (κ2) is 14.4. The van der Waals surface area contributed by atoms with E-state index in [0.717, 1.165) is 33.2 Å². The molecule has 2 amide bonds. The number of phenols is 2. The van der Waals surface area contributed by atoms with Gasteiger partial charge in [0.05, 0.1) is 0 Å². The predicted octanol–water partition coefficient (Wildman–Crippen LogP) is 6.99. The maximum absolute atomic E-state index is 13.7. The molecule has 0 saturated heterocycles. The van der Waals surface area contributed by atoms with Crippen molar-refractivity contribution in [1.29, 1.82) is 0 Å². The van der Waals surface area contributed by atoms with Crippen LogP contribution in [-0.4, -0.2) is 39.6 Å². The number of hydrogen-bond donors (Lipinski definition) is 4. The van der Waals surface area contributed by atoms with Gasteiger partial charge in [0, 0.05) is 36.0 Å². The lowest BCUT2D eigenvalue weighted by molar-refractivity contribution is -0.122. The molecule has 0 aliphatic rings. The van der Waals surface area contributed by atoms with Gasteiger partial charge in [-0.1, -0.05) is 91.0 Å². The first kappa shape index (κ1) is 31.0. The Morgan fingerprint density at radius 3 is 2.11 bits per heavy atom. The quantitative estimate of drug-likeness (QED) is 0.125. The number of benzene rings is 5. The number of amides is 2. The van der Waals surface area contributed by atoms with Crippen molar-refractivity contribution in [2.75, 3.05) is 6.54 Å². The van der Waals surface area contributed by atoms with E-state index in [9.17, 15) is 19.8 Å². The van der Waals surface area contributed by atoms with Crippen LogP contribution in [0.15, 0.2) is 140 Å². The molecule has 4 N–H and O–H groups in total. The molecular formula is C40H35N3O4. The fraction of sp³-hybridized carbons (Fsp3) is 0.125. The summed E-state index contributed by atoms with van der Waals surface area (Å²) in [6.07, 6.45) is 2.54. The highest BCUT2D eigenvalue weighted by molar-refractivity contribution is 5.99. The minimum Gasteiger partial charge on any atom is -0.508 e. The van der Waals surface area contributed by atoms with E-state index in [-0.39, 0.29) is 29.7 Å². The Morgan fingerprint density at radius 1 is 0.702 bits per heavy atom. The van der Waals surface area contributed by atoms with Gasteiger partial charge in [0.1, 0.15) is 23.1 Å². The van der Waals surface area contributed by atoms with Crippen LogP contribution in [0.4, 0.5) is 0 Å². The zero-order chi connectivity index (χ0) is 32.6. The average Bonchev–Trinajstić information content (AvgIpc) is 3.11. The first-order chi connectivity index (χ1) is 22.9. The lowest BCUT2D eigenvalue weighted by Crippen LogP contribution is -2.48. The van der Waals surface area contributed by atoms with Gasteiger partial charge in [-0.15, -0.1) is 0 Å². The van der Waals surface area contributed by atoms with Gasteiger partial charge >= 0.3 is 0 Å². The molecule has 1 aromatic heterocycles. The molecule has 0 aliphatic carbocycles. The van der Waals surface area contributed by atoms with Crippen LogP contribution in [0.25, 0.3) is 22.0 Å². The number of carbonyl (C=O) groups excluding carboxylic acids is 2. The van der Waals surface area contributed by atoms with Gasteiger partial charge in [-0.05, 0) is 76.7 Å². The number of nitrogens with one attached hydrogen (secondary N) is 2. The number of fused-ring (bicyclic) bond motifs is 1. The second-order valence-electron chi connectivity index (χ2n) is 11.5. The zero-order valence-electron chi connectivity index (χ0n) is 25.7. The number of aromatic nitrogens is 1. The summed E-state index contributed by atoms with van der Waals surface area (Å²) >= 11 is 0. The van der Waals surface area contributed by atoms with Crippen LogP contribution in [0.2, 0.25) is 0 Å². The maximum Gasteiger partial charge on any atom is 0.251 e. The number of nitrogens with zero attached hydrogens (tertiary/aromatic N) is 1. The first-order valence-electron chi connectivity index (χ1n) is 15.6. The fourth-order valence-electron chi connectivity index (χ4n) is 5.86. The summed E-state index contributed by atoms with van der Waals surface area (Å²) < 4.78 is 0. The van der Waals surface area contributed by atoms with Crippen LogP contribution in [0.3, 0.4) is 0 Å². The second-order valence-corrected chi connectivity index (χ2v) is 11.5. The summed E-state index contributed by atoms with van der Waals surface area (Å²) in [5.41, 5.74) is 5.49. The molecular weight excluding hydrogens is 586 g/mol. The average molecular weight is 622 g/mol. The molecule has 0 fully saturated rings. The Labute approximate surface area is 273 Å². The third-order valence-corrected chi connectivity index (χ3v) is 8.28. The van der Waals surface area contributed by atoms with Crippen LogP contribution < -0.4 is 10.6 Å². The molecule has 47 heavy (non-hydrogen) atoms. The van der Waals surface area contributed by atoms with E-state index < -0.39 is 11.9 Å². The molecule has 6 aromatic rings. The van der Waals surface area contributed by atoms with Crippen molar-refractivity contribution in [2.45, 2.75) is 24.8 Å². The van der Waals surface area contributed by atoms with Gasteiger partial charge in [0.15, 0.2) is 0 Å². The van der Waals surface area contributed by atoms with E-state index in [4.69, 9.17) is 0 Å².